The quantitative estimate of drug-likeness (QED) is 0.926. The molecule has 3 heterocycles. The van der Waals surface area contributed by atoms with E-state index in [0.717, 1.165) is 30.6 Å². The number of hydrogen-bond acceptors (Lipinski definition) is 5. The highest BCUT2D eigenvalue weighted by Crippen LogP contribution is 2.42. The summed E-state index contributed by atoms with van der Waals surface area (Å²) in [5.74, 6) is 1.11. The third-order valence-corrected chi connectivity index (χ3v) is 5.26. The molecule has 2 atom stereocenters. The Morgan fingerprint density at radius 3 is 3.17 bits per heavy atom. The molecule has 2 saturated heterocycles. The fraction of sp³-hybridized carbons (Fsp3) is 0.556. The molecule has 1 aromatic carbocycles. The number of nitrogens with zero attached hydrogens (tertiary/aromatic N) is 2. The Balaban J connectivity index is 1.53. The minimum absolute atomic E-state index is 0.165. The van der Waals surface area contributed by atoms with Crippen molar-refractivity contribution in [2.24, 2.45) is 11.3 Å². The van der Waals surface area contributed by atoms with E-state index in [0.29, 0.717) is 32.2 Å². The molecule has 128 valence electrons. The van der Waals surface area contributed by atoms with Crippen LogP contribution >= 0.6 is 0 Å². The summed E-state index contributed by atoms with van der Waals surface area (Å²) in [6.07, 6.45) is 0.785. The number of hydrogen-bond donors (Lipinski definition) is 1. The molecule has 2 aromatic rings. The minimum atomic E-state index is -0.333. The number of oxazole rings is 1. The van der Waals surface area contributed by atoms with E-state index in [1.54, 1.807) is 0 Å². The predicted octanol–water partition coefficient (Wildman–Crippen LogP) is 1.80. The Kier molecular flexibility index (Phi) is 4.02. The monoisotopic (exact) mass is 329 g/mol. The van der Waals surface area contributed by atoms with E-state index in [1.807, 2.05) is 31.2 Å². The minimum Gasteiger partial charge on any atom is -0.439 e. The molecule has 2 aliphatic heterocycles. The van der Waals surface area contributed by atoms with Crippen LogP contribution in [0.25, 0.3) is 11.1 Å². The number of benzene rings is 1. The van der Waals surface area contributed by atoms with E-state index in [9.17, 15) is 4.79 Å². The Morgan fingerprint density at radius 1 is 1.46 bits per heavy atom. The van der Waals surface area contributed by atoms with Crippen LogP contribution in [0.4, 0.5) is 0 Å². The van der Waals surface area contributed by atoms with Crippen molar-refractivity contribution < 1.29 is 13.9 Å². The number of aromatic nitrogens is 1. The molecule has 0 radical (unpaired) electrons. The van der Waals surface area contributed by atoms with Gasteiger partial charge in [0, 0.05) is 32.2 Å². The molecule has 2 unspecified atom stereocenters. The van der Waals surface area contributed by atoms with E-state index in [1.165, 1.54) is 0 Å². The van der Waals surface area contributed by atoms with Crippen molar-refractivity contribution >= 4 is 17.0 Å². The number of amides is 1. The van der Waals surface area contributed by atoms with Gasteiger partial charge in [-0.15, -0.1) is 0 Å². The van der Waals surface area contributed by atoms with Gasteiger partial charge in [0.15, 0.2) is 5.58 Å². The van der Waals surface area contributed by atoms with Gasteiger partial charge in [0.2, 0.25) is 11.8 Å². The molecular formula is C18H23N3O3. The maximum absolute atomic E-state index is 12.7. The zero-order valence-corrected chi connectivity index (χ0v) is 14.0. The molecule has 2 aliphatic rings. The van der Waals surface area contributed by atoms with Crippen molar-refractivity contribution in [3.63, 3.8) is 0 Å². The maximum atomic E-state index is 12.7. The van der Waals surface area contributed by atoms with Crippen LogP contribution in [0.3, 0.4) is 0 Å². The number of ether oxygens (including phenoxy) is 1. The van der Waals surface area contributed by atoms with E-state index in [-0.39, 0.29) is 17.2 Å². The van der Waals surface area contributed by atoms with Gasteiger partial charge in [-0.1, -0.05) is 12.1 Å². The van der Waals surface area contributed by atoms with E-state index >= 15 is 0 Å². The van der Waals surface area contributed by atoms with Crippen LogP contribution < -0.4 is 5.32 Å². The summed E-state index contributed by atoms with van der Waals surface area (Å²) < 4.78 is 11.5. The Morgan fingerprint density at radius 2 is 2.33 bits per heavy atom. The molecule has 0 aliphatic carbocycles. The number of carbonyl (C=O) groups is 1. The summed E-state index contributed by atoms with van der Waals surface area (Å²) in [7, 11) is 0. The average molecular weight is 329 g/mol. The summed E-state index contributed by atoms with van der Waals surface area (Å²) in [5, 5.41) is 3.02. The lowest BCUT2D eigenvalue weighted by atomic mass is 9.73. The summed E-state index contributed by atoms with van der Waals surface area (Å²) in [5.41, 5.74) is 1.36. The first-order valence-electron chi connectivity index (χ1n) is 8.64. The molecule has 1 amide bonds. The molecule has 6 heteroatoms. The standard InChI is InChI=1S/C18H23N3O3/c1-2-19-17(22)18-7-8-23-11-13(18)9-21(12-18)10-16-20-14-5-3-4-6-15(14)24-16/h3-6,13H,2,7-12H2,1H3,(H,19,22). The Bertz CT molecular complexity index is 711. The highest BCUT2D eigenvalue weighted by Gasteiger charge is 2.53. The molecule has 6 nitrogen and oxygen atoms in total. The molecule has 24 heavy (non-hydrogen) atoms. The van der Waals surface area contributed by atoms with Crippen LogP contribution in [-0.4, -0.2) is 48.6 Å². The third kappa shape index (κ3) is 2.59. The summed E-state index contributed by atoms with van der Waals surface area (Å²) in [6, 6.07) is 7.79. The van der Waals surface area contributed by atoms with Crippen LogP contribution in [0, 0.1) is 11.3 Å². The molecule has 0 saturated carbocycles. The average Bonchev–Trinajstić information content (AvgIpc) is 3.15. The normalized spacial score (nSPS) is 27.3. The van der Waals surface area contributed by atoms with Crippen LogP contribution in [-0.2, 0) is 16.1 Å². The summed E-state index contributed by atoms with van der Waals surface area (Å²) in [6.45, 7) is 6.16. The zero-order chi connectivity index (χ0) is 16.6. The first-order chi connectivity index (χ1) is 11.7. The van der Waals surface area contributed by atoms with Crippen molar-refractivity contribution in [3.8, 4) is 0 Å². The molecule has 2 fully saturated rings. The van der Waals surface area contributed by atoms with E-state index in [2.05, 4.69) is 15.2 Å². The lowest BCUT2D eigenvalue weighted by Crippen LogP contribution is -2.50. The van der Waals surface area contributed by atoms with E-state index in [4.69, 9.17) is 9.15 Å². The van der Waals surface area contributed by atoms with Crippen LogP contribution in [0.2, 0.25) is 0 Å². The van der Waals surface area contributed by atoms with Crippen molar-refractivity contribution in [1.82, 2.24) is 15.2 Å². The molecular weight excluding hydrogens is 306 g/mol. The lowest BCUT2D eigenvalue weighted by molar-refractivity contribution is -0.139. The summed E-state index contributed by atoms with van der Waals surface area (Å²) in [4.78, 5) is 19.5. The van der Waals surface area contributed by atoms with Gasteiger partial charge in [0.1, 0.15) is 5.52 Å². The molecule has 4 rings (SSSR count). The highest BCUT2D eigenvalue weighted by molar-refractivity contribution is 5.83. The van der Waals surface area contributed by atoms with Gasteiger partial charge < -0.3 is 14.5 Å². The first-order valence-corrected chi connectivity index (χ1v) is 8.64. The number of carbonyl (C=O) groups excluding carboxylic acids is 1. The van der Waals surface area contributed by atoms with Crippen molar-refractivity contribution in [2.45, 2.75) is 19.9 Å². The molecule has 0 bridgehead atoms. The van der Waals surface area contributed by atoms with Crippen molar-refractivity contribution in [2.75, 3.05) is 32.8 Å². The van der Waals surface area contributed by atoms with Crippen LogP contribution in [0.15, 0.2) is 28.7 Å². The van der Waals surface area contributed by atoms with Crippen molar-refractivity contribution in [1.29, 1.82) is 0 Å². The number of rotatable bonds is 4. The van der Waals surface area contributed by atoms with Gasteiger partial charge in [-0.25, -0.2) is 4.98 Å². The smallest absolute Gasteiger partial charge is 0.228 e. The predicted molar refractivity (Wildman–Crippen MR) is 89.3 cm³/mol. The SMILES string of the molecule is CCNC(=O)C12CCOCC1CN(Cc1nc3ccccc3o1)C2. The van der Waals surface area contributed by atoms with E-state index < -0.39 is 0 Å². The maximum Gasteiger partial charge on any atom is 0.228 e. The fourth-order valence-corrected chi connectivity index (χ4v) is 4.06. The number of likely N-dealkylation sites (tertiary alicyclic amines) is 1. The van der Waals surface area contributed by atoms with Gasteiger partial charge in [0.25, 0.3) is 0 Å². The lowest BCUT2D eigenvalue weighted by Gasteiger charge is -2.36. The topological polar surface area (TPSA) is 67.6 Å². The Hall–Kier alpha value is -1.92. The third-order valence-electron chi connectivity index (χ3n) is 5.26. The summed E-state index contributed by atoms with van der Waals surface area (Å²) >= 11 is 0. The molecule has 1 aromatic heterocycles. The number of nitrogens with one attached hydrogen (secondary N) is 1. The largest absolute Gasteiger partial charge is 0.439 e. The molecule has 1 N–H and O–H groups in total. The first kappa shape index (κ1) is 15.6. The van der Waals surface area contributed by atoms with Gasteiger partial charge in [0.05, 0.1) is 18.6 Å². The second kappa shape index (κ2) is 6.18. The molecule has 0 spiro atoms. The zero-order valence-electron chi connectivity index (χ0n) is 14.0. The van der Waals surface area contributed by atoms with Gasteiger partial charge >= 0.3 is 0 Å². The van der Waals surface area contributed by atoms with Gasteiger partial charge in [-0.05, 0) is 25.5 Å². The van der Waals surface area contributed by atoms with Gasteiger partial charge in [-0.3, -0.25) is 9.69 Å². The number of fused-ring (bicyclic) bond motifs is 2. The second-order valence-corrected chi connectivity index (χ2v) is 6.78. The Labute approximate surface area is 141 Å². The second-order valence-electron chi connectivity index (χ2n) is 6.78. The fourth-order valence-electron chi connectivity index (χ4n) is 4.06. The highest BCUT2D eigenvalue weighted by atomic mass is 16.5. The van der Waals surface area contributed by atoms with Crippen molar-refractivity contribution in [3.05, 3.63) is 30.2 Å². The van der Waals surface area contributed by atoms with Gasteiger partial charge in [-0.2, -0.15) is 0 Å². The number of para-hydroxylation sites is 2. The van der Waals surface area contributed by atoms with Crippen LogP contribution in [0.1, 0.15) is 19.2 Å². The van der Waals surface area contributed by atoms with Crippen LogP contribution in [0.5, 0.6) is 0 Å².